The standard InChI is InChI=1S/C18H18Cl2O/c19-16-9-8-12(11-17(16)20)10-14-6-3-5-13-4-1-2-7-15(13)18(14)21/h1-2,4,7-9,11,14,18,21H,3,5-6,10H2. The summed E-state index contributed by atoms with van der Waals surface area (Å²) in [6, 6.07) is 14.0. The molecule has 110 valence electrons. The van der Waals surface area contributed by atoms with Gasteiger partial charge in [0.25, 0.3) is 0 Å². The van der Waals surface area contributed by atoms with Gasteiger partial charge in [0, 0.05) is 0 Å². The second-order valence-electron chi connectivity index (χ2n) is 5.75. The molecule has 21 heavy (non-hydrogen) atoms. The third-order valence-corrected chi connectivity index (χ3v) is 5.06. The van der Waals surface area contributed by atoms with Crippen molar-refractivity contribution < 1.29 is 5.11 Å². The molecule has 3 rings (SSSR count). The van der Waals surface area contributed by atoms with E-state index in [1.54, 1.807) is 0 Å². The van der Waals surface area contributed by atoms with E-state index in [0.29, 0.717) is 10.0 Å². The molecule has 0 amide bonds. The zero-order valence-corrected chi connectivity index (χ0v) is 13.2. The van der Waals surface area contributed by atoms with Gasteiger partial charge >= 0.3 is 0 Å². The van der Waals surface area contributed by atoms with E-state index in [-0.39, 0.29) is 5.92 Å². The summed E-state index contributed by atoms with van der Waals surface area (Å²) >= 11 is 12.1. The highest BCUT2D eigenvalue weighted by Crippen LogP contribution is 2.35. The van der Waals surface area contributed by atoms with Crippen LogP contribution in [0.1, 0.15) is 35.6 Å². The van der Waals surface area contributed by atoms with Crippen molar-refractivity contribution in [1.82, 2.24) is 0 Å². The van der Waals surface area contributed by atoms with Gasteiger partial charge in [0.15, 0.2) is 0 Å². The molecular formula is C18H18Cl2O. The second-order valence-corrected chi connectivity index (χ2v) is 6.56. The Labute approximate surface area is 135 Å². The molecule has 0 spiro atoms. The van der Waals surface area contributed by atoms with Gasteiger partial charge in [-0.1, -0.05) is 53.5 Å². The molecule has 0 saturated heterocycles. The predicted octanol–water partition coefficient (Wildman–Crippen LogP) is 5.22. The van der Waals surface area contributed by atoms with Crippen molar-refractivity contribution >= 4 is 23.2 Å². The molecule has 1 aliphatic carbocycles. The van der Waals surface area contributed by atoms with Gasteiger partial charge < -0.3 is 5.11 Å². The molecule has 3 heteroatoms. The molecule has 1 nitrogen and oxygen atoms in total. The van der Waals surface area contributed by atoms with Gasteiger partial charge in [-0.05, 0) is 60.4 Å². The summed E-state index contributed by atoms with van der Waals surface area (Å²) in [4.78, 5) is 0. The number of aliphatic hydroxyl groups excluding tert-OH is 1. The highest BCUT2D eigenvalue weighted by atomic mass is 35.5. The first-order valence-electron chi connectivity index (χ1n) is 7.35. The molecule has 2 aromatic rings. The number of benzene rings is 2. The fourth-order valence-electron chi connectivity index (χ4n) is 3.20. The molecule has 0 fully saturated rings. The maximum Gasteiger partial charge on any atom is 0.0824 e. The largest absolute Gasteiger partial charge is 0.388 e. The molecule has 0 heterocycles. The molecular weight excluding hydrogens is 303 g/mol. The number of hydrogen-bond acceptors (Lipinski definition) is 1. The van der Waals surface area contributed by atoms with Crippen LogP contribution in [0.4, 0.5) is 0 Å². The van der Waals surface area contributed by atoms with Gasteiger partial charge in [0.05, 0.1) is 16.1 Å². The van der Waals surface area contributed by atoms with Crippen LogP contribution in [0.3, 0.4) is 0 Å². The minimum absolute atomic E-state index is 0.228. The van der Waals surface area contributed by atoms with Crippen LogP contribution in [0.15, 0.2) is 42.5 Å². The fraction of sp³-hybridized carbons (Fsp3) is 0.333. The van der Waals surface area contributed by atoms with Gasteiger partial charge in [-0.3, -0.25) is 0 Å². The molecule has 0 aliphatic heterocycles. The Balaban J connectivity index is 1.84. The molecule has 2 atom stereocenters. The molecule has 0 radical (unpaired) electrons. The maximum absolute atomic E-state index is 10.7. The molecule has 1 aliphatic rings. The van der Waals surface area contributed by atoms with Crippen molar-refractivity contribution in [1.29, 1.82) is 0 Å². The van der Waals surface area contributed by atoms with Gasteiger partial charge in [-0.25, -0.2) is 0 Å². The monoisotopic (exact) mass is 320 g/mol. The molecule has 2 unspecified atom stereocenters. The average Bonchev–Trinajstić information content (AvgIpc) is 2.64. The topological polar surface area (TPSA) is 20.2 Å². The van der Waals surface area contributed by atoms with Crippen LogP contribution >= 0.6 is 23.2 Å². The summed E-state index contributed by atoms with van der Waals surface area (Å²) in [5, 5.41) is 11.9. The van der Waals surface area contributed by atoms with Gasteiger partial charge in [-0.2, -0.15) is 0 Å². The van der Waals surface area contributed by atoms with Crippen molar-refractivity contribution in [3.8, 4) is 0 Å². The third kappa shape index (κ3) is 3.26. The Morgan fingerprint density at radius 2 is 1.86 bits per heavy atom. The van der Waals surface area contributed by atoms with E-state index in [4.69, 9.17) is 23.2 Å². The SMILES string of the molecule is OC1c2ccccc2CCCC1Cc1ccc(Cl)c(Cl)c1. The number of hydrogen-bond donors (Lipinski definition) is 1. The lowest BCUT2D eigenvalue weighted by molar-refractivity contribution is 0.105. The van der Waals surface area contributed by atoms with E-state index in [1.807, 2.05) is 36.4 Å². The number of aliphatic hydroxyl groups is 1. The first-order valence-corrected chi connectivity index (χ1v) is 8.10. The summed E-state index contributed by atoms with van der Waals surface area (Å²) in [6.45, 7) is 0. The summed E-state index contributed by atoms with van der Waals surface area (Å²) in [5.41, 5.74) is 3.49. The van der Waals surface area contributed by atoms with Crippen LogP contribution in [-0.4, -0.2) is 5.11 Å². The normalized spacial score (nSPS) is 21.7. The Morgan fingerprint density at radius 1 is 1.05 bits per heavy atom. The lowest BCUT2D eigenvalue weighted by atomic mass is 9.88. The van der Waals surface area contributed by atoms with E-state index < -0.39 is 6.10 Å². The minimum Gasteiger partial charge on any atom is -0.388 e. The van der Waals surface area contributed by atoms with Crippen molar-refractivity contribution in [2.24, 2.45) is 5.92 Å². The summed E-state index contributed by atoms with van der Waals surface area (Å²) in [6.07, 6.45) is 3.60. The summed E-state index contributed by atoms with van der Waals surface area (Å²) in [5.74, 6) is 0.228. The first-order chi connectivity index (χ1) is 10.1. The Morgan fingerprint density at radius 3 is 2.67 bits per heavy atom. The highest BCUT2D eigenvalue weighted by molar-refractivity contribution is 6.42. The van der Waals surface area contributed by atoms with Gasteiger partial charge in [-0.15, -0.1) is 0 Å². The van der Waals surface area contributed by atoms with Crippen molar-refractivity contribution in [3.63, 3.8) is 0 Å². The second kappa shape index (κ2) is 6.39. The first kappa shape index (κ1) is 14.9. The van der Waals surface area contributed by atoms with Crippen LogP contribution in [0.5, 0.6) is 0 Å². The zero-order chi connectivity index (χ0) is 14.8. The number of halogens is 2. The van der Waals surface area contributed by atoms with Gasteiger partial charge in [0.1, 0.15) is 0 Å². The maximum atomic E-state index is 10.7. The molecule has 0 bridgehead atoms. The smallest absolute Gasteiger partial charge is 0.0824 e. The van der Waals surface area contributed by atoms with Crippen LogP contribution in [0.25, 0.3) is 0 Å². The fourth-order valence-corrected chi connectivity index (χ4v) is 3.52. The van der Waals surface area contributed by atoms with Crippen molar-refractivity contribution in [2.75, 3.05) is 0 Å². The Bertz CT molecular complexity index is 639. The predicted molar refractivity (Wildman–Crippen MR) is 88.0 cm³/mol. The van der Waals surface area contributed by atoms with Crippen LogP contribution in [-0.2, 0) is 12.8 Å². The lowest BCUT2D eigenvalue weighted by Gasteiger charge is -2.22. The number of fused-ring (bicyclic) bond motifs is 1. The zero-order valence-electron chi connectivity index (χ0n) is 11.7. The quantitative estimate of drug-likeness (QED) is 0.752. The van der Waals surface area contributed by atoms with E-state index in [0.717, 1.165) is 36.8 Å². The van der Waals surface area contributed by atoms with E-state index in [9.17, 15) is 5.11 Å². The Kier molecular flexibility index (Phi) is 4.54. The van der Waals surface area contributed by atoms with E-state index in [1.165, 1.54) is 5.56 Å². The molecule has 0 aromatic heterocycles. The van der Waals surface area contributed by atoms with Crippen molar-refractivity contribution in [3.05, 3.63) is 69.2 Å². The summed E-state index contributed by atoms with van der Waals surface area (Å²) < 4.78 is 0. The van der Waals surface area contributed by atoms with E-state index >= 15 is 0 Å². The average molecular weight is 321 g/mol. The van der Waals surface area contributed by atoms with Crippen LogP contribution in [0.2, 0.25) is 10.0 Å². The summed E-state index contributed by atoms with van der Waals surface area (Å²) in [7, 11) is 0. The Hall–Kier alpha value is -1.02. The van der Waals surface area contributed by atoms with Crippen LogP contribution in [0, 0.1) is 5.92 Å². The minimum atomic E-state index is -0.404. The number of rotatable bonds is 2. The van der Waals surface area contributed by atoms with Gasteiger partial charge in [0.2, 0.25) is 0 Å². The molecule has 1 N–H and O–H groups in total. The lowest BCUT2D eigenvalue weighted by Crippen LogP contribution is -2.14. The third-order valence-electron chi connectivity index (χ3n) is 4.32. The highest BCUT2D eigenvalue weighted by Gasteiger charge is 2.26. The van der Waals surface area contributed by atoms with E-state index in [2.05, 4.69) is 6.07 Å². The molecule has 0 saturated carbocycles. The van der Waals surface area contributed by atoms with Crippen LogP contribution < -0.4 is 0 Å². The number of aryl methyl sites for hydroxylation is 1. The molecule has 2 aromatic carbocycles. The van der Waals surface area contributed by atoms with Crippen molar-refractivity contribution in [2.45, 2.75) is 31.8 Å².